The second-order valence-corrected chi connectivity index (χ2v) is 10.6. The van der Waals surface area contributed by atoms with Crippen LogP contribution >= 0.6 is 0 Å². The van der Waals surface area contributed by atoms with Gasteiger partial charge < -0.3 is 15.3 Å². The zero-order valence-electron chi connectivity index (χ0n) is 25.1. The van der Waals surface area contributed by atoms with E-state index in [1.54, 1.807) is 6.08 Å². The lowest BCUT2D eigenvalue weighted by molar-refractivity contribution is 0.0596. The predicted octanol–water partition coefficient (Wildman–Crippen LogP) is 5.70. The first-order valence-electron chi connectivity index (χ1n) is 14.5. The minimum absolute atomic E-state index is 0.0548. The van der Waals surface area contributed by atoms with Gasteiger partial charge in [0.25, 0.3) is 0 Å². The topological polar surface area (TPSA) is 60.7 Å². The van der Waals surface area contributed by atoms with Crippen LogP contribution in [0.3, 0.4) is 0 Å². The van der Waals surface area contributed by atoms with Crippen molar-refractivity contribution in [3.05, 3.63) is 35.5 Å². The van der Waals surface area contributed by atoms with Crippen LogP contribution < -0.4 is 0 Å². The van der Waals surface area contributed by atoms with Crippen molar-refractivity contribution in [3.8, 4) is 0 Å². The van der Waals surface area contributed by atoms with Crippen LogP contribution in [0.15, 0.2) is 35.5 Å². The summed E-state index contributed by atoms with van der Waals surface area (Å²) in [5.41, 5.74) is 0.540. The first kappa shape index (κ1) is 16.7. The molecule has 3 aliphatic rings. The highest BCUT2D eigenvalue weighted by atomic mass is 16.3. The van der Waals surface area contributed by atoms with Gasteiger partial charge in [0, 0.05) is 10.5 Å². The molecule has 0 amide bonds. The van der Waals surface area contributed by atoms with Gasteiger partial charge >= 0.3 is 0 Å². The molecule has 0 spiro atoms. The molecule has 3 nitrogen and oxygen atoms in total. The third kappa shape index (κ3) is 5.29. The van der Waals surface area contributed by atoms with Crippen LogP contribution in [0.5, 0.6) is 0 Å². The molecule has 0 bridgehead atoms. The summed E-state index contributed by atoms with van der Waals surface area (Å²) in [4.78, 5) is 0. The summed E-state index contributed by atoms with van der Waals surface area (Å²) < 4.78 is 48.5. The Balaban J connectivity index is 1.86. The standard InChI is InChI=1S/C27H44O3/c1-18(8-6-14-26(3,4)30)23-12-13-24-20(9-7-15-27(23,24)5)10-11-21-16-22(28)17-25(29)19(21)2/h10-11,18,22-25,28-30H,2,6-9,12-17H2,1,3-5H3/t18-,22-,23-,24?,25?,27-/m1/s1/i16D,17D2,22D,25D,28D/t16?,18-,22-,23-,24?,25?,27-. The van der Waals surface area contributed by atoms with Crippen molar-refractivity contribution in [1.29, 1.82) is 1.43 Å². The lowest BCUT2D eigenvalue weighted by atomic mass is 9.60. The van der Waals surface area contributed by atoms with Gasteiger partial charge in [-0.05, 0) is 93.1 Å². The van der Waals surface area contributed by atoms with Gasteiger partial charge in [0.2, 0.25) is 1.43 Å². The molecule has 30 heavy (non-hydrogen) atoms. The van der Waals surface area contributed by atoms with Gasteiger partial charge in [-0.25, -0.2) is 0 Å². The Labute approximate surface area is 192 Å². The normalized spacial score (nSPS) is 50.7. The van der Waals surface area contributed by atoms with Crippen LogP contribution in [0, 0.1) is 23.2 Å². The molecule has 3 N–H and O–H groups in total. The molecule has 170 valence electrons. The van der Waals surface area contributed by atoms with Gasteiger partial charge in [-0.3, -0.25) is 0 Å². The maximum atomic E-state index is 10.6. The number of rotatable bonds is 7. The van der Waals surface area contributed by atoms with Crippen LogP contribution in [-0.2, 0) is 0 Å². The molecule has 3 aliphatic carbocycles. The zero-order valence-corrected chi connectivity index (χ0v) is 19.1. The zero-order chi connectivity index (χ0) is 27.3. The summed E-state index contributed by atoms with van der Waals surface area (Å²) in [7, 11) is 0. The monoisotopic (exact) mass is 422 g/mol. The fourth-order valence-electron chi connectivity index (χ4n) is 6.21. The van der Waals surface area contributed by atoms with E-state index >= 15 is 0 Å². The lowest BCUT2D eigenvalue weighted by Gasteiger charge is -2.44. The largest absolute Gasteiger partial charge is 0.393 e. The van der Waals surface area contributed by atoms with Gasteiger partial charge in [0.1, 0.15) is 0 Å². The van der Waals surface area contributed by atoms with E-state index in [1.165, 1.54) is 5.57 Å². The van der Waals surface area contributed by atoms with Crippen molar-refractivity contribution in [2.75, 3.05) is 0 Å². The average Bonchev–Trinajstić information content (AvgIpc) is 3.14. The van der Waals surface area contributed by atoms with Crippen LogP contribution in [-0.4, -0.2) is 34.5 Å². The quantitative estimate of drug-likeness (QED) is 0.493. The molecule has 3 fully saturated rings. The van der Waals surface area contributed by atoms with Crippen molar-refractivity contribution < 1.29 is 22.2 Å². The summed E-state index contributed by atoms with van der Waals surface area (Å²) in [6.45, 7) is 12.1. The Hall–Kier alpha value is -0.900. The number of fused-ring (bicyclic) bond motifs is 1. The molecular weight excluding hydrogens is 372 g/mol. The summed E-state index contributed by atoms with van der Waals surface area (Å²) in [6, 6.07) is 0. The SMILES string of the molecule is [2H]O[C@]1([2H])C([2H])C(=CC=C2CCC[C@@]3(C)C2CC[C@@H]3[C@H](C)CCCC(C)(C)O)C(=C)C([2H])(O)C1([2H])[2H]. The summed E-state index contributed by atoms with van der Waals surface area (Å²) in [5, 5.41) is 25.0. The average molecular weight is 423 g/mol. The fourth-order valence-corrected chi connectivity index (χ4v) is 6.21. The van der Waals surface area contributed by atoms with E-state index in [9.17, 15) is 10.2 Å². The summed E-state index contributed by atoms with van der Waals surface area (Å²) >= 11 is 0. The van der Waals surface area contributed by atoms with E-state index in [0.29, 0.717) is 17.8 Å². The van der Waals surface area contributed by atoms with Gasteiger partial charge in [0.05, 0.1) is 20.5 Å². The summed E-state index contributed by atoms with van der Waals surface area (Å²) in [6.07, 6.45) is 1.39. The van der Waals surface area contributed by atoms with E-state index in [2.05, 4.69) is 25.5 Å². The highest BCUT2D eigenvalue weighted by molar-refractivity contribution is 5.38. The Morgan fingerprint density at radius 2 is 2.17 bits per heavy atom. The molecule has 3 rings (SSSR count). The van der Waals surface area contributed by atoms with Crippen LogP contribution in [0.4, 0.5) is 0 Å². The van der Waals surface area contributed by atoms with Crippen LogP contribution in [0.25, 0.3) is 0 Å². The molecular formula is C27H44O3. The molecule has 0 aromatic heterocycles. The Bertz CT molecular complexity index is 908. The Morgan fingerprint density at radius 1 is 1.40 bits per heavy atom. The highest BCUT2D eigenvalue weighted by Gasteiger charge is 2.50. The predicted molar refractivity (Wildman–Crippen MR) is 124 cm³/mol. The van der Waals surface area contributed by atoms with Crippen LogP contribution in [0.1, 0.15) is 98.7 Å². The third-order valence-corrected chi connectivity index (χ3v) is 7.81. The van der Waals surface area contributed by atoms with Crippen molar-refractivity contribution in [2.24, 2.45) is 23.2 Å². The second kappa shape index (κ2) is 9.30. The van der Waals surface area contributed by atoms with Gasteiger partial charge in [-0.1, -0.05) is 51.0 Å². The van der Waals surface area contributed by atoms with E-state index in [-0.39, 0.29) is 16.6 Å². The van der Waals surface area contributed by atoms with E-state index in [1.807, 2.05) is 19.9 Å². The molecule has 0 aromatic rings. The van der Waals surface area contributed by atoms with Crippen molar-refractivity contribution >= 4 is 0 Å². The van der Waals surface area contributed by atoms with E-state index in [0.717, 1.165) is 51.4 Å². The van der Waals surface area contributed by atoms with Gasteiger partial charge in [-0.2, -0.15) is 0 Å². The van der Waals surface area contributed by atoms with Gasteiger partial charge in [0.15, 0.2) is 0 Å². The van der Waals surface area contributed by atoms with Crippen molar-refractivity contribution in [1.82, 2.24) is 0 Å². The minimum Gasteiger partial charge on any atom is -0.393 e. The Kier molecular flexibility index (Phi) is 5.18. The lowest BCUT2D eigenvalue weighted by Crippen LogP contribution is -2.36. The molecule has 0 saturated heterocycles. The minimum atomic E-state index is -3.01. The number of allylic oxidation sites excluding steroid dienone is 3. The Morgan fingerprint density at radius 3 is 2.87 bits per heavy atom. The molecule has 0 heterocycles. The molecule has 0 aromatic carbocycles. The van der Waals surface area contributed by atoms with E-state index < -0.39 is 30.5 Å². The maximum Gasteiger partial charge on any atom is 0.210 e. The first-order chi connectivity index (χ1) is 16.4. The molecule has 3 heteroatoms. The highest BCUT2D eigenvalue weighted by Crippen LogP contribution is 2.60. The van der Waals surface area contributed by atoms with Crippen molar-refractivity contribution in [2.45, 2.75) is 110 Å². The number of hydrogen-bond acceptors (Lipinski definition) is 3. The summed E-state index contributed by atoms with van der Waals surface area (Å²) in [5.74, 6) is 1.51. The fraction of sp³-hybridized carbons (Fsp3) is 0.778. The molecule has 0 radical (unpaired) electrons. The van der Waals surface area contributed by atoms with Gasteiger partial charge in [-0.15, -0.1) is 0 Å². The molecule has 7 atom stereocenters. The van der Waals surface area contributed by atoms with Crippen molar-refractivity contribution in [3.63, 3.8) is 0 Å². The van der Waals surface area contributed by atoms with E-state index in [4.69, 9.17) is 8.28 Å². The van der Waals surface area contributed by atoms with Crippen LogP contribution in [0.2, 0.25) is 0 Å². The number of aliphatic hydroxyl groups is 3. The maximum absolute atomic E-state index is 10.6. The second-order valence-electron chi connectivity index (χ2n) is 10.6. The first-order valence-corrected chi connectivity index (χ1v) is 11.6. The molecule has 0 aliphatic heterocycles. The molecule has 3 saturated carbocycles. The third-order valence-electron chi connectivity index (χ3n) is 7.81. The smallest absolute Gasteiger partial charge is 0.210 e. The molecule has 3 unspecified atom stereocenters. The number of hydrogen-bond donors (Lipinski definition) is 3.